The summed E-state index contributed by atoms with van der Waals surface area (Å²) in [5.74, 6) is -0.440. The maximum absolute atomic E-state index is 14.2. The molecule has 34 heavy (non-hydrogen) atoms. The van der Waals surface area contributed by atoms with Crippen LogP contribution in [0.15, 0.2) is 72.8 Å². The molecule has 1 atom stereocenters. The third-order valence-electron chi connectivity index (χ3n) is 5.09. The average molecular weight is 504 g/mol. The first kappa shape index (κ1) is 23.6. The largest absolute Gasteiger partial charge is 0.428 e. The van der Waals surface area contributed by atoms with Crippen LogP contribution in [0.2, 0.25) is 10.0 Å². The van der Waals surface area contributed by atoms with Crippen LogP contribution in [0.25, 0.3) is 5.70 Å². The fraction of sp³-hybridized carbons (Fsp3) is 0.0833. The number of hydrogen-bond acceptors (Lipinski definition) is 4. The maximum atomic E-state index is 14.2. The standard InChI is InChI=1S/C24H14Cl2F3N3O2/c25-18-9-17(10-19(26)11-18)23(24(27,28)29)12-21(32-34-23)16-2-1-3-20(8-16)31-22(33)15-6-4-14(13-30)5-7-15/h1-12,32H,(H,31,33). The highest BCUT2D eigenvalue weighted by molar-refractivity contribution is 6.34. The first-order chi connectivity index (χ1) is 16.1. The Balaban J connectivity index is 1.65. The molecular weight excluding hydrogens is 490 g/mol. The molecule has 0 aliphatic carbocycles. The van der Waals surface area contributed by atoms with Crippen LogP contribution in [0.1, 0.15) is 27.0 Å². The molecule has 0 radical (unpaired) electrons. The van der Waals surface area contributed by atoms with E-state index < -0.39 is 17.7 Å². The zero-order valence-electron chi connectivity index (χ0n) is 17.1. The number of nitriles is 1. The Morgan fingerprint density at radius 3 is 2.32 bits per heavy atom. The minimum Gasteiger partial charge on any atom is -0.322 e. The lowest BCUT2D eigenvalue weighted by atomic mass is 9.91. The normalized spacial score (nSPS) is 17.5. The number of nitrogens with zero attached hydrogens (tertiary/aromatic N) is 1. The van der Waals surface area contributed by atoms with Crippen molar-refractivity contribution in [2.24, 2.45) is 0 Å². The highest BCUT2D eigenvalue weighted by atomic mass is 35.5. The van der Waals surface area contributed by atoms with Crippen molar-refractivity contribution in [3.63, 3.8) is 0 Å². The summed E-state index contributed by atoms with van der Waals surface area (Å²) in [5, 5.41) is 11.6. The number of anilines is 1. The Labute approximate surface area is 202 Å². The number of hydrogen-bond donors (Lipinski definition) is 2. The molecule has 172 valence electrons. The molecule has 5 nitrogen and oxygen atoms in total. The van der Waals surface area contributed by atoms with Gasteiger partial charge < -0.3 is 5.32 Å². The Morgan fingerprint density at radius 1 is 1.03 bits per heavy atom. The molecule has 0 fully saturated rings. The summed E-state index contributed by atoms with van der Waals surface area (Å²) >= 11 is 11.9. The second-order valence-corrected chi connectivity index (χ2v) is 8.25. The van der Waals surface area contributed by atoms with E-state index in [0.717, 1.165) is 18.2 Å². The third-order valence-corrected chi connectivity index (χ3v) is 5.53. The van der Waals surface area contributed by atoms with Gasteiger partial charge in [-0.25, -0.2) is 0 Å². The molecule has 10 heteroatoms. The fourth-order valence-corrected chi connectivity index (χ4v) is 3.94. The van der Waals surface area contributed by atoms with E-state index >= 15 is 0 Å². The van der Waals surface area contributed by atoms with Gasteiger partial charge in [-0.1, -0.05) is 35.3 Å². The smallest absolute Gasteiger partial charge is 0.322 e. The molecule has 2 N–H and O–H groups in total. The number of hydroxylamine groups is 1. The Morgan fingerprint density at radius 2 is 1.71 bits per heavy atom. The van der Waals surface area contributed by atoms with Crippen LogP contribution in [-0.2, 0) is 10.4 Å². The maximum Gasteiger partial charge on any atom is 0.428 e. The van der Waals surface area contributed by atoms with Gasteiger partial charge in [0, 0.05) is 32.4 Å². The lowest BCUT2D eigenvalue weighted by molar-refractivity contribution is -0.269. The topological polar surface area (TPSA) is 74.2 Å². The third kappa shape index (κ3) is 4.59. The monoisotopic (exact) mass is 503 g/mol. The summed E-state index contributed by atoms with van der Waals surface area (Å²) in [6, 6.07) is 17.8. The van der Waals surface area contributed by atoms with E-state index in [-0.39, 0.29) is 21.3 Å². The van der Waals surface area contributed by atoms with Crippen molar-refractivity contribution < 1.29 is 22.8 Å². The summed E-state index contributed by atoms with van der Waals surface area (Å²) < 4.78 is 42.5. The number of rotatable bonds is 4. The zero-order chi connectivity index (χ0) is 24.5. The van der Waals surface area contributed by atoms with E-state index in [1.807, 2.05) is 6.07 Å². The van der Waals surface area contributed by atoms with Crippen LogP contribution in [0.4, 0.5) is 18.9 Å². The summed E-state index contributed by atoms with van der Waals surface area (Å²) in [6.07, 6.45) is -3.94. The first-order valence-corrected chi connectivity index (χ1v) is 10.5. The van der Waals surface area contributed by atoms with Gasteiger partial charge in [-0.3, -0.25) is 15.1 Å². The van der Waals surface area contributed by atoms with E-state index in [0.29, 0.717) is 22.4 Å². The van der Waals surface area contributed by atoms with Gasteiger partial charge >= 0.3 is 6.18 Å². The zero-order valence-corrected chi connectivity index (χ0v) is 18.6. The number of carbonyl (C=O) groups is 1. The Kier molecular flexibility index (Phi) is 6.28. The summed E-state index contributed by atoms with van der Waals surface area (Å²) in [4.78, 5) is 17.6. The molecule has 1 aliphatic rings. The van der Waals surface area contributed by atoms with Crippen molar-refractivity contribution in [2.45, 2.75) is 11.8 Å². The summed E-state index contributed by atoms with van der Waals surface area (Å²) in [5.41, 5.74) is 0.706. The van der Waals surface area contributed by atoms with E-state index in [1.165, 1.54) is 36.4 Å². The van der Waals surface area contributed by atoms with Crippen LogP contribution >= 0.6 is 23.2 Å². The van der Waals surface area contributed by atoms with Gasteiger partial charge in [0.2, 0.25) is 5.60 Å². The lowest BCUT2D eigenvalue weighted by Gasteiger charge is -2.28. The number of alkyl halides is 3. The molecule has 0 spiro atoms. The molecule has 0 aromatic heterocycles. The van der Waals surface area contributed by atoms with Crippen LogP contribution < -0.4 is 10.8 Å². The minimum absolute atomic E-state index is 0.0316. The van der Waals surface area contributed by atoms with Crippen molar-refractivity contribution in [1.29, 1.82) is 5.26 Å². The van der Waals surface area contributed by atoms with Gasteiger partial charge in [0.05, 0.1) is 17.3 Å². The SMILES string of the molecule is N#Cc1ccc(C(=O)Nc2cccc(C3=CC(c4cc(Cl)cc(Cl)c4)(C(F)(F)F)ON3)c2)cc1. The first-order valence-electron chi connectivity index (χ1n) is 9.73. The summed E-state index contributed by atoms with van der Waals surface area (Å²) in [7, 11) is 0. The van der Waals surface area contributed by atoms with Gasteiger partial charge in [0.25, 0.3) is 5.91 Å². The molecule has 3 aromatic carbocycles. The van der Waals surface area contributed by atoms with Crippen LogP contribution in [-0.4, -0.2) is 12.1 Å². The van der Waals surface area contributed by atoms with E-state index in [9.17, 15) is 18.0 Å². The molecule has 0 bridgehead atoms. The molecule has 3 aromatic rings. The van der Waals surface area contributed by atoms with Crippen molar-refractivity contribution in [2.75, 3.05) is 5.32 Å². The number of halogens is 5. The van der Waals surface area contributed by atoms with E-state index in [2.05, 4.69) is 10.8 Å². The molecule has 1 amide bonds. The predicted octanol–water partition coefficient (Wildman–Crippen LogP) is 6.45. The number of carbonyl (C=O) groups excluding carboxylic acids is 1. The van der Waals surface area contributed by atoms with Crippen LogP contribution in [0, 0.1) is 11.3 Å². The highest BCUT2D eigenvalue weighted by Gasteiger charge is 2.59. The van der Waals surface area contributed by atoms with Crippen molar-refractivity contribution in [3.05, 3.63) is 105 Å². The Hall–Kier alpha value is -3.51. The molecule has 4 rings (SSSR count). The second-order valence-electron chi connectivity index (χ2n) is 7.38. The Bertz CT molecular complexity index is 1310. The van der Waals surface area contributed by atoms with Crippen LogP contribution in [0.3, 0.4) is 0 Å². The quantitative estimate of drug-likeness (QED) is 0.428. The van der Waals surface area contributed by atoms with Gasteiger partial charge in [-0.05, 0) is 60.7 Å². The van der Waals surface area contributed by atoms with Gasteiger partial charge in [-0.2, -0.15) is 18.4 Å². The second kappa shape index (κ2) is 9.03. The molecule has 0 saturated carbocycles. The molecule has 1 unspecified atom stereocenters. The van der Waals surface area contributed by atoms with Gasteiger partial charge in [-0.15, -0.1) is 0 Å². The number of nitrogens with one attached hydrogen (secondary N) is 2. The number of benzene rings is 3. The average Bonchev–Trinajstić information content (AvgIpc) is 3.26. The van der Waals surface area contributed by atoms with E-state index in [4.69, 9.17) is 33.3 Å². The van der Waals surface area contributed by atoms with Crippen molar-refractivity contribution in [3.8, 4) is 6.07 Å². The molecule has 0 saturated heterocycles. The lowest BCUT2D eigenvalue weighted by Crippen LogP contribution is -2.42. The van der Waals surface area contributed by atoms with E-state index in [1.54, 1.807) is 18.2 Å². The molecule has 1 aliphatic heterocycles. The van der Waals surface area contributed by atoms with Crippen LogP contribution in [0.5, 0.6) is 0 Å². The molecular formula is C24H14Cl2F3N3O2. The van der Waals surface area contributed by atoms with Crippen molar-refractivity contribution >= 4 is 40.5 Å². The fourth-order valence-electron chi connectivity index (χ4n) is 3.42. The van der Waals surface area contributed by atoms with Gasteiger partial charge in [0.15, 0.2) is 0 Å². The highest BCUT2D eigenvalue weighted by Crippen LogP contribution is 2.48. The predicted molar refractivity (Wildman–Crippen MR) is 122 cm³/mol. The molecule has 1 heterocycles. The number of amides is 1. The van der Waals surface area contributed by atoms with Crippen molar-refractivity contribution in [1.82, 2.24) is 5.48 Å². The minimum atomic E-state index is -4.84. The van der Waals surface area contributed by atoms with Gasteiger partial charge in [0.1, 0.15) is 0 Å². The summed E-state index contributed by atoms with van der Waals surface area (Å²) in [6.45, 7) is 0.